The highest BCUT2D eigenvalue weighted by Crippen LogP contribution is 2.32. The monoisotopic (exact) mass is 249 g/mol. The number of aromatic nitrogens is 3. The molecule has 8 heteroatoms. The van der Waals surface area contributed by atoms with Gasteiger partial charge in [0.2, 0.25) is 5.88 Å². The number of ether oxygens (including phenoxy) is 1. The van der Waals surface area contributed by atoms with Crippen molar-refractivity contribution in [3.05, 3.63) is 23.3 Å². The average Bonchev–Trinajstić information content (AvgIpc) is 2.74. The summed E-state index contributed by atoms with van der Waals surface area (Å²) in [5, 5.41) is 5.51. The number of hydrogen-bond donors (Lipinski definition) is 0. The Kier molecular flexibility index (Phi) is 2.58. The third-order valence-corrected chi connectivity index (χ3v) is 2.40. The van der Waals surface area contributed by atoms with Crippen molar-refractivity contribution >= 4 is 11.3 Å². The van der Waals surface area contributed by atoms with Gasteiger partial charge in [-0.05, 0) is 0 Å². The fourth-order valence-electron chi connectivity index (χ4n) is 1.11. The van der Waals surface area contributed by atoms with Gasteiger partial charge in [0.1, 0.15) is 5.69 Å². The van der Waals surface area contributed by atoms with Crippen LogP contribution in [0.15, 0.2) is 17.6 Å². The largest absolute Gasteiger partial charge is 0.433 e. The molecular weight excluding hydrogens is 243 g/mol. The van der Waals surface area contributed by atoms with Crippen molar-refractivity contribution in [1.29, 1.82) is 0 Å². The highest BCUT2D eigenvalue weighted by Gasteiger charge is 2.35. The molecule has 0 fully saturated rings. The molecule has 0 bridgehead atoms. The molecule has 4 nitrogen and oxygen atoms in total. The van der Waals surface area contributed by atoms with Crippen molar-refractivity contribution in [2.45, 2.75) is 6.18 Å². The molecular formula is C8H6F3N3OS. The van der Waals surface area contributed by atoms with Crippen molar-refractivity contribution in [3.63, 3.8) is 0 Å². The van der Waals surface area contributed by atoms with Crippen molar-refractivity contribution < 1.29 is 17.9 Å². The van der Waals surface area contributed by atoms with Crippen LogP contribution >= 0.6 is 11.3 Å². The molecule has 0 N–H and O–H groups in total. The molecule has 2 aromatic rings. The Morgan fingerprint density at radius 2 is 2.19 bits per heavy atom. The molecule has 0 aliphatic rings. The summed E-state index contributed by atoms with van der Waals surface area (Å²) in [6, 6.07) is 0.835. The van der Waals surface area contributed by atoms with E-state index < -0.39 is 11.9 Å². The first-order valence-electron chi connectivity index (χ1n) is 4.15. The van der Waals surface area contributed by atoms with Crippen LogP contribution in [0.25, 0.3) is 0 Å². The van der Waals surface area contributed by atoms with Crippen LogP contribution in [-0.2, 0) is 13.2 Å². The number of aryl methyl sites for hydroxylation is 1. The van der Waals surface area contributed by atoms with E-state index in [0.29, 0.717) is 0 Å². The first-order valence-corrected chi connectivity index (χ1v) is 5.03. The molecule has 0 radical (unpaired) electrons. The Morgan fingerprint density at radius 3 is 2.69 bits per heavy atom. The highest BCUT2D eigenvalue weighted by molar-refractivity contribution is 7.11. The quantitative estimate of drug-likeness (QED) is 0.821. The molecule has 0 aromatic carbocycles. The predicted octanol–water partition coefficient (Wildman–Crippen LogP) is 2.69. The first kappa shape index (κ1) is 10.9. The molecule has 86 valence electrons. The number of alkyl halides is 3. The van der Waals surface area contributed by atoms with Gasteiger partial charge in [0.25, 0.3) is 5.19 Å². The summed E-state index contributed by atoms with van der Waals surface area (Å²) in [5.41, 5.74) is -0.862. The minimum Gasteiger partial charge on any atom is -0.410 e. The molecule has 0 amide bonds. The van der Waals surface area contributed by atoms with Gasteiger partial charge in [-0.15, -0.1) is 5.10 Å². The molecule has 2 heterocycles. The second-order valence-electron chi connectivity index (χ2n) is 2.89. The second kappa shape index (κ2) is 3.78. The van der Waals surface area contributed by atoms with Crippen LogP contribution in [0.2, 0.25) is 0 Å². The van der Waals surface area contributed by atoms with Gasteiger partial charge in [0.05, 0.1) is 0 Å². The molecule has 0 atom stereocenters. The highest BCUT2D eigenvalue weighted by atomic mass is 32.1. The Bertz CT molecular complexity index is 477. The van der Waals surface area contributed by atoms with Crippen LogP contribution in [0.1, 0.15) is 5.69 Å². The number of thiazole rings is 1. The zero-order valence-corrected chi connectivity index (χ0v) is 8.84. The summed E-state index contributed by atoms with van der Waals surface area (Å²) in [5.74, 6) is -0.121. The third kappa shape index (κ3) is 2.16. The molecule has 0 saturated heterocycles. The number of nitrogens with zero attached hydrogens (tertiary/aromatic N) is 3. The van der Waals surface area contributed by atoms with E-state index in [9.17, 15) is 13.2 Å². The van der Waals surface area contributed by atoms with E-state index >= 15 is 0 Å². The van der Waals surface area contributed by atoms with Gasteiger partial charge in [0, 0.05) is 24.7 Å². The van der Waals surface area contributed by atoms with Crippen molar-refractivity contribution in [2.75, 3.05) is 0 Å². The normalized spacial score (nSPS) is 11.8. The van der Waals surface area contributed by atoms with Gasteiger partial charge < -0.3 is 4.74 Å². The number of rotatable bonds is 2. The van der Waals surface area contributed by atoms with E-state index in [1.807, 2.05) is 0 Å². The lowest BCUT2D eigenvalue weighted by molar-refractivity contribution is -0.143. The summed E-state index contributed by atoms with van der Waals surface area (Å²) in [7, 11) is 1.21. The zero-order valence-electron chi connectivity index (χ0n) is 8.02. The lowest BCUT2D eigenvalue weighted by Crippen LogP contribution is -2.11. The molecule has 2 aromatic heterocycles. The van der Waals surface area contributed by atoms with E-state index in [1.165, 1.54) is 24.6 Å². The predicted molar refractivity (Wildman–Crippen MR) is 50.4 cm³/mol. The van der Waals surface area contributed by atoms with Crippen molar-refractivity contribution in [2.24, 2.45) is 7.05 Å². The lowest BCUT2D eigenvalue weighted by atomic mass is 10.4. The number of halogens is 3. The maximum atomic E-state index is 12.4. The van der Waals surface area contributed by atoms with Crippen LogP contribution < -0.4 is 4.74 Å². The van der Waals surface area contributed by atoms with E-state index in [1.54, 1.807) is 5.38 Å². The van der Waals surface area contributed by atoms with Gasteiger partial charge in [-0.3, -0.25) is 4.68 Å². The maximum absolute atomic E-state index is 12.4. The van der Waals surface area contributed by atoms with Crippen LogP contribution in [0.5, 0.6) is 11.1 Å². The van der Waals surface area contributed by atoms with Crippen LogP contribution in [0.4, 0.5) is 13.2 Å². The smallest absolute Gasteiger partial charge is 0.410 e. The zero-order chi connectivity index (χ0) is 11.8. The van der Waals surface area contributed by atoms with Gasteiger partial charge in [-0.2, -0.15) is 13.2 Å². The van der Waals surface area contributed by atoms with E-state index in [-0.39, 0.29) is 11.1 Å². The maximum Gasteiger partial charge on any atom is 0.433 e. The minimum atomic E-state index is -4.44. The summed E-state index contributed by atoms with van der Waals surface area (Å²) in [6.45, 7) is 0. The van der Waals surface area contributed by atoms with E-state index in [2.05, 4.69) is 10.1 Å². The van der Waals surface area contributed by atoms with E-state index in [4.69, 9.17) is 4.74 Å². The molecule has 16 heavy (non-hydrogen) atoms. The Labute approximate surface area is 92.3 Å². The lowest BCUT2D eigenvalue weighted by Gasteiger charge is -2.04. The van der Waals surface area contributed by atoms with Crippen LogP contribution in [0.3, 0.4) is 0 Å². The minimum absolute atomic E-state index is 0.121. The fraction of sp³-hybridized carbons (Fsp3) is 0.250. The average molecular weight is 249 g/mol. The summed E-state index contributed by atoms with van der Waals surface area (Å²) in [4.78, 5) is 3.78. The van der Waals surface area contributed by atoms with Crippen molar-refractivity contribution in [3.8, 4) is 11.1 Å². The van der Waals surface area contributed by atoms with Gasteiger partial charge in [-0.1, -0.05) is 11.3 Å². The second-order valence-corrected chi connectivity index (χ2v) is 3.75. The molecule has 2 rings (SSSR count). The summed E-state index contributed by atoms with van der Waals surface area (Å²) >= 11 is 1.18. The molecule has 0 unspecified atom stereocenters. The standard InChI is InChI=1S/C8H6F3N3OS/c1-14-5(8(9,10)11)4-6(13-14)15-7-12-2-3-16-7/h2-4H,1H3. The van der Waals surface area contributed by atoms with Gasteiger partial charge in [-0.25, -0.2) is 4.98 Å². The molecule has 0 aliphatic carbocycles. The molecule has 0 spiro atoms. The Balaban J connectivity index is 2.25. The Hall–Kier alpha value is -1.57. The molecule has 0 saturated carbocycles. The SMILES string of the molecule is Cn1nc(Oc2nccs2)cc1C(F)(F)F. The molecule has 0 aliphatic heterocycles. The Morgan fingerprint density at radius 1 is 1.44 bits per heavy atom. The van der Waals surface area contributed by atoms with Crippen molar-refractivity contribution in [1.82, 2.24) is 14.8 Å². The number of hydrogen-bond acceptors (Lipinski definition) is 4. The first-order chi connectivity index (χ1) is 7.47. The summed E-state index contributed by atoms with van der Waals surface area (Å²) < 4.78 is 43.0. The van der Waals surface area contributed by atoms with Crippen LogP contribution in [0, 0.1) is 0 Å². The summed E-state index contributed by atoms with van der Waals surface area (Å²) in [6.07, 6.45) is -2.94. The van der Waals surface area contributed by atoms with Gasteiger partial charge in [0.15, 0.2) is 0 Å². The third-order valence-electron chi connectivity index (χ3n) is 1.75. The van der Waals surface area contributed by atoms with Crippen LogP contribution in [-0.4, -0.2) is 14.8 Å². The topological polar surface area (TPSA) is 39.9 Å². The fourth-order valence-corrected chi connectivity index (χ4v) is 1.60. The van der Waals surface area contributed by atoms with Gasteiger partial charge >= 0.3 is 6.18 Å². The van der Waals surface area contributed by atoms with E-state index in [0.717, 1.165) is 10.7 Å².